The zero-order chi connectivity index (χ0) is 27.4. The van der Waals surface area contributed by atoms with Crippen LogP contribution in [-0.2, 0) is 26.0 Å². The lowest BCUT2D eigenvalue weighted by Gasteiger charge is -2.33. The summed E-state index contributed by atoms with van der Waals surface area (Å²) in [5.41, 5.74) is 3.63. The lowest BCUT2D eigenvalue weighted by molar-refractivity contribution is -0.147. The minimum atomic E-state index is -4.72. The van der Waals surface area contributed by atoms with E-state index in [-0.39, 0.29) is 23.0 Å². The van der Waals surface area contributed by atoms with Crippen molar-refractivity contribution in [2.75, 3.05) is 13.1 Å². The normalized spacial score (nSPS) is 16.6. The molecule has 0 radical (unpaired) electrons. The zero-order valence-corrected chi connectivity index (χ0v) is 23.1. The van der Waals surface area contributed by atoms with Gasteiger partial charge in [0.1, 0.15) is 10.9 Å². The van der Waals surface area contributed by atoms with Crippen molar-refractivity contribution < 1.29 is 23.1 Å². The van der Waals surface area contributed by atoms with Crippen molar-refractivity contribution in [1.82, 2.24) is 9.62 Å². The summed E-state index contributed by atoms with van der Waals surface area (Å²) in [4.78, 5) is 25.8. The SMILES string of the molecule is Cc1ccccc1-c1ccc(C[C@@H](C(=O)O)N(C(=O)[C@H]2CCCNC2)S(=O)(=O)c2c(Cl)cccc2Cl)cc1. The molecule has 2 N–H and O–H groups in total. The van der Waals surface area contributed by atoms with Crippen molar-refractivity contribution in [2.45, 2.75) is 37.1 Å². The van der Waals surface area contributed by atoms with E-state index in [2.05, 4.69) is 5.32 Å². The number of nitrogens with zero attached hydrogens (tertiary/aromatic N) is 1. The number of hydrogen-bond acceptors (Lipinski definition) is 5. The van der Waals surface area contributed by atoms with E-state index in [0.29, 0.717) is 29.3 Å². The third-order valence-corrected chi connectivity index (χ3v) is 9.47. The van der Waals surface area contributed by atoms with Gasteiger partial charge in [-0.05, 0) is 60.7 Å². The van der Waals surface area contributed by atoms with E-state index in [1.807, 2.05) is 43.3 Å². The summed E-state index contributed by atoms with van der Waals surface area (Å²) < 4.78 is 28.3. The number of carboxylic acid groups (broad SMARTS) is 1. The Morgan fingerprint density at radius 3 is 2.26 bits per heavy atom. The van der Waals surface area contributed by atoms with Crippen LogP contribution in [0.4, 0.5) is 0 Å². The van der Waals surface area contributed by atoms with Crippen molar-refractivity contribution in [3.05, 3.63) is 87.9 Å². The Bertz CT molecular complexity index is 1420. The Hall–Kier alpha value is -2.91. The fourth-order valence-electron chi connectivity index (χ4n) is 4.72. The van der Waals surface area contributed by atoms with Crippen molar-refractivity contribution >= 4 is 45.1 Å². The summed E-state index contributed by atoms with van der Waals surface area (Å²) in [5, 5.41) is 12.9. The molecule has 3 aromatic carbocycles. The van der Waals surface area contributed by atoms with Gasteiger partial charge >= 0.3 is 5.97 Å². The molecular formula is C28H28Cl2N2O5S. The van der Waals surface area contributed by atoms with Crippen LogP contribution in [0.3, 0.4) is 0 Å². The number of carbonyl (C=O) groups is 2. The minimum Gasteiger partial charge on any atom is -0.480 e. The number of amides is 1. The molecule has 1 fully saturated rings. The van der Waals surface area contributed by atoms with Gasteiger partial charge in [0.05, 0.1) is 16.0 Å². The van der Waals surface area contributed by atoms with Gasteiger partial charge < -0.3 is 10.4 Å². The summed E-state index contributed by atoms with van der Waals surface area (Å²) in [6.07, 6.45) is 0.872. The monoisotopic (exact) mass is 574 g/mol. The van der Waals surface area contributed by atoms with Crippen molar-refractivity contribution in [2.24, 2.45) is 5.92 Å². The van der Waals surface area contributed by atoms with Gasteiger partial charge in [-0.1, -0.05) is 77.8 Å². The molecule has 200 valence electrons. The fourth-order valence-corrected chi connectivity index (χ4v) is 7.41. The van der Waals surface area contributed by atoms with E-state index >= 15 is 0 Å². The number of aliphatic carboxylic acids is 1. The number of benzene rings is 3. The predicted octanol–water partition coefficient (Wildman–Crippen LogP) is 5.18. The molecule has 0 spiro atoms. The lowest BCUT2D eigenvalue weighted by Crippen LogP contribution is -2.53. The molecule has 0 aromatic heterocycles. The van der Waals surface area contributed by atoms with Crippen LogP contribution in [0.5, 0.6) is 0 Å². The second kappa shape index (κ2) is 11.9. The van der Waals surface area contributed by atoms with Gasteiger partial charge in [0.25, 0.3) is 10.0 Å². The molecule has 1 amide bonds. The van der Waals surface area contributed by atoms with Gasteiger partial charge in [0, 0.05) is 13.0 Å². The summed E-state index contributed by atoms with van der Waals surface area (Å²) in [7, 11) is -4.72. The molecule has 10 heteroatoms. The molecule has 1 aliphatic rings. The molecule has 1 aliphatic heterocycles. The highest BCUT2D eigenvalue weighted by molar-refractivity contribution is 7.90. The average Bonchev–Trinajstić information content (AvgIpc) is 2.89. The molecule has 1 saturated heterocycles. The minimum absolute atomic E-state index is 0.191. The third-order valence-electron chi connectivity index (χ3n) is 6.71. The van der Waals surface area contributed by atoms with E-state index in [1.54, 1.807) is 12.1 Å². The zero-order valence-electron chi connectivity index (χ0n) is 20.7. The predicted molar refractivity (Wildman–Crippen MR) is 148 cm³/mol. The van der Waals surface area contributed by atoms with Gasteiger partial charge in [0.15, 0.2) is 0 Å². The topological polar surface area (TPSA) is 104 Å². The van der Waals surface area contributed by atoms with Crippen molar-refractivity contribution in [3.63, 3.8) is 0 Å². The number of piperidine rings is 1. The standard InChI is InChI=1S/C28H28Cl2N2O5S/c1-18-6-2-3-8-22(18)20-13-11-19(12-14-20)16-25(28(34)35)32(27(33)21-7-5-15-31-17-21)38(36,37)26-23(29)9-4-10-24(26)30/h2-4,6,8-14,21,25,31H,5,7,15-17H2,1H3,(H,34,35)/t21-,25-/m0/s1. The van der Waals surface area contributed by atoms with E-state index in [1.165, 1.54) is 18.2 Å². The van der Waals surface area contributed by atoms with Crippen LogP contribution in [0.25, 0.3) is 11.1 Å². The summed E-state index contributed by atoms with van der Waals surface area (Å²) in [5.74, 6) is -2.95. The molecule has 1 heterocycles. The molecule has 0 unspecified atom stereocenters. The summed E-state index contributed by atoms with van der Waals surface area (Å²) in [6.45, 7) is 2.94. The first-order valence-corrected chi connectivity index (χ1v) is 14.4. The maximum Gasteiger partial charge on any atom is 0.328 e. The first kappa shape index (κ1) is 28.1. The van der Waals surface area contributed by atoms with Crippen LogP contribution >= 0.6 is 23.2 Å². The van der Waals surface area contributed by atoms with E-state index in [4.69, 9.17) is 23.2 Å². The van der Waals surface area contributed by atoms with Gasteiger partial charge in [-0.15, -0.1) is 0 Å². The number of rotatable bonds is 8. The number of nitrogens with one attached hydrogen (secondary N) is 1. The van der Waals surface area contributed by atoms with E-state index in [9.17, 15) is 23.1 Å². The Morgan fingerprint density at radius 2 is 1.68 bits per heavy atom. The maximum absolute atomic E-state index is 13.9. The van der Waals surface area contributed by atoms with Crippen LogP contribution in [-0.4, -0.2) is 48.8 Å². The van der Waals surface area contributed by atoms with Crippen LogP contribution in [0, 0.1) is 12.8 Å². The van der Waals surface area contributed by atoms with Gasteiger partial charge in [0.2, 0.25) is 5.91 Å². The number of carbonyl (C=O) groups excluding carboxylic acids is 1. The molecule has 0 saturated carbocycles. The van der Waals surface area contributed by atoms with Crippen molar-refractivity contribution in [3.8, 4) is 11.1 Å². The molecule has 38 heavy (non-hydrogen) atoms. The molecular weight excluding hydrogens is 547 g/mol. The largest absolute Gasteiger partial charge is 0.480 e. The second-order valence-electron chi connectivity index (χ2n) is 9.30. The second-order valence-corrected chi connectivity index (χ2v) is 11.9. The number of hydrogen-bond donors (Lipinski definition) is 2. The fraction of sp³-hybridized carbons (Fsp3) is 0.286. The van der Waals surface area contributed by atoms with Crippen LogP contribution in [0.15, 0.2) is 71.6 Å². The number of carboxylic acids is 1. The van der Waals surface area contributed by atoms with Gasteiger partial charge in [-0.25, -0.2) is 17.5 Å². The van der Waals surface area contributed by atoms with Crippen LogP contribution in [0.1, 0.15) is 24.0 Å². The highest BCUT2D eigenvalue weighted by Gasteiger charge is 2.44. The number of aryl methyl sites for hydroxylation is 1. The van der Waals surface area contributed by atoms with Gasteiger partial charge in [-0.2, -0.15) is 0 Å². The van der Waals surface area contributed by atoms with Crippen molar-refractivity contribution in [1.29, 1.82) is 0 Å². The third kappa shape index (κ3) is 5.89. The maximum atomic E-state index is 13.9. The lowest BCUT2D eigenvalue weighted by atomic mass is 9.96. The Balaban J connectivity index is 1.75. The van der Waals surface area contributed by atoms with E-state index in [0.717, 1.165) is 16.7 Å². The molecule has 4 rings (SSSR count). The Morgan fingerprint density at radius 1 is 1.03 bits per heavy atom. The first-order valence-electron chi connectivity index (χ1n) is 12.2. The quantitative estimate of drug-likeness (QED) is 0.384. The van der Waals surface area contributed by atoms with Crippen LogP contribution < -0.4 is 5.32 Å². The molecule has 0 bridgehead atoms. The van der Waals surface area contributed by atoms with Gasteiger partial charge in [-0.3, -0.25) is 4.79 Å². The number of sulfonamides is 1. The smallest absolute Gasteiger partial charge is 0.328 e. The number of halogens is 2. The molecule has 2 atom stereocenters. The van der Waals surface area contributed by atoms with E-state index < -0.39 is 38.8 Å². The highest BCUT2D eigenvalue weighted by atomic mass is 35.5. The molecule has 7 nitrogen and oxygen atoms in total. The molecule has 0 aliphatic carbocycles. The first-order chi connectivity index (χ1) is 18.1. The van der Waals surface area contributed by atoms with Crippen LogP contribution in [0.2, 0.25) is 10.0 Å². The summed E-state index contributed by atoms with van der Waals surface area (Å²) >= 11 is 12.4. The summed E-state index contributed by atoms with van der Waals surface area (Å²) in [6, 6.07) is 17.5. The average molecular weight is 576 g/mol. The Labute approximate surface area is 232 Å². The Kier molecular flexibility index (Phi) is 8.78. The highest BCUT2D eigenvalue weighted by Crippen LogP contribution is 2.34. The molecule has 3 aromatic rings.